The van der Waals surface area contributed by atoms with Crippen LogP contribution >= 0.6 is 0 Å². The first-order valence-electron chi connectivity index (χ1n) is 8.37. The second-order valence-corrected chi connectivity index (χ2v) is 6.33. The summed E-state index contributed by atoms with van der Waals surface area (Å²) in [6.07, 6.45) is 3.40. The molecule has 122 valence electrons. The number of urea groups is 1. The second kappa shape index (κ2) is 8.18. The van der Waals surface area contributed by atoms with Crippen molar-refractivity contribution in [3.8, 4) is 0 Å². The Morgan fingerprint density at radius 3 is 2.77 bits per heavy atom. The van der Waals surface area contributed by atoms with Crippen LogP contribution in [0.5, 0.6) is 0 Å². The van der Waals surface area contributed by atoms with Crippen molar-refractivity contribution in [3.63, 3.8) is 0 Å². The van der Waals surface area contributed by atoms with E-state index in [0.717, 1.165) is 32.2 Å². The average Bonchev–Trinajstić information content (AvgIpc) is 2.55. The minimum Gasteiger partial charge on any atom is -0.393 e. The van der Waals surface area contributed by atoms with Gasteiger partial charge in [0.15, 0.2) is 0 Å². The lowest BCUT2D eigenvalue weighted by atomic mass is 9.93. The van der Waals surface area contributed by atoms with E-state index < -0.39 is 0 Å². The number of hydrogen-bond donors (Lipinski definition) is 2. The van der Waals surface area contributed by atoms with Crippen molar-refractivity contribution in [1.82, 2.24) is 10.2 Å². The fourth-order valence-electron chi connectivity index (χ4n) is 3.05. The Hall–Kier alpha value is -1.55. The minimum absolute atomic E-state index is 0.00753. The number of likely N-dealkylation sites (tertiary alicyclic amines) is 1. The van der Waals surface area contributed by atoms with Gasteiger partial charge in [-0.1, -0.05) is 37.3 Å². The Morgan fingerprint density at radius 1 is 1.41 bits per heavy atom. The van der Waals surface area contributed by atoms with E-state index in [1.165, 1.54) is 5.56 Å². The Kier molecular flexibility index (Phi) is 6.25. The number of amides is 2. The molecule has 0 spiro atoms. The number of aliphatic hydroxyl groups excluding tert-OH is 1. The van der Waals surface area contributed by atoms with Crippen LogP contribution in [0.4, 0.5) is 4.79 Å². The molecule has 22 heavy (non-hydrogen) atoms. The fourth-order valence-corrected chi connectivity index (χ4v) is 3.05. The van der Waals surface area contributed by atoms with Crippen molar-refractivity contribution in [2.75, 3.05) is 13.1 Å². The summed E-state index contributed by atoms with van der Waals surface area (Å²) in [5, 5.41) is 12.9. The highest BCUT2D eigenvalue weighted by Gasteiger charge is 2.27. The van der Waals surface area contributed by atoms with E-state index in [2.05, 4.69) is 24.4 Å². The van der Waals surface area contributed by atoms with Gasteiger partial charge in [-0.2, -0.15) is 0 Å². The molecule has 0 aromatic heterocycles. The first-order valence-corrected chi connectivity index (χ1v) is 8.37. The number of aliphatic hydroxyl groups is 1. The highest BCUT2D eigenvalue weighted by atomic mass is 16.3. The van der Waals surface area contributed by atoms with Crippen molar-refractivity contribution < 1.29 is 9.90 Å². The van der Waals surface area contributed by atoms with Crippen LogP contribution in [-0.4, -0.2) is 41.3 Å². The van der Waals surface area contributed by atoms with Crippen LogP contribution in [0.15, 0.2) is 30.3 Å². The zero-order chi connectivity index (χ0) is 15.9. The topological polar surface area (TPSA) is 52.6 Å². The Morgan fingerprint density at radius 2 is 2.14 bits per heavy atom. The van der Waals surface area contributed by atoms with Crippen LogP contribution in [-0.2, 0) is 6.42 Å². The Bertz CT molecular complexity index is 461. The molecule has 3 atom stereocenters. The van der Waals surface area contributed by atoms with Gasteiger partial charge in [0.2, 0.25) is 0 Å². The van der Waals surface area contributed by atoms with Gasteiger partial charge in [-0.25, -0.2) is 4.79 Å². The molecule has 1 aromatic rings. The molecular weight excluding hydrogens is 276 g/mol. The van der Waals surface area contributed by atoms with Gasteiger partial charge < -0.3 is 15.3 Å². The van der Waals surface area contributed by atoms with Gasteiger partial charge in [0.05, 0.1) is 6.10 Å². The van der Waals surface area contributed by atoms with E-state index in [1.54, 1.807) is 0 Å². The quantitative estimate of drug-likeness (QED) is 0.879. The molecule has 0 bridgehead atoms. The molecular formula is C18H28N2O2. The van der Waals surface area contributed by atoms with Crippen LogP contribution < -0.4 is 5.32 Å². The lowest BCUT2D eigenvalue weighted by Gasteiger charge is -2.35. The molecule has 2 N–H and O–H groups in total. The lowest BCUT2D eigenvalue weighted by Crippen LogP contribution is -2.50. The average molecular weight is 304 g/mol. The van der Waals surface area contributed by atoms with Crippen LogP contribution in [0.1, 0.15) is 38.7 Å². The van der Waals surface area contributed by atoms with Crippen LogP contribution in [0.3, 0.4) is 0 Å². The summed E-state index contributed by atoms with van der Waals surface area (Å²) in [6.45, 7) is 5.36. The van der Waals surface area contributed by atoms with Crippen LogP contribution in [0.25, 0.3) is 0 Å². The molecule has 1 aliphatic rings. The van der Waals surface area contributed by atoms with Gasteiger partial charge in [0, 0.05) is 25.0 Å². The maximum absolute atomic E-state index is 12.5. The van der Waals surface area contributed by atoms with Gasteiger partial charge in [-0.3, -0.25) is 0 Å². The number of benzene rings is 1. The van der Waals surface area contributed by atoms with E-state index in [9.17, 15) is 9.90 Å². The van der Waals surface area contributed by atoms with Crippen LogP contribution in [0, 0.1) is 5.92 Å². The summed E-state index contributed by atoms with van der Waals surface area (Å²) < 4.78 is 0. The minimum atomic E-state index is -0.345. The predicted molar refractivity (Wildman–Crippen MR) is 88.7 cm³/mol. The number of hydrogen-bond acceptors (Lipinski definition) is 2. The van der Waals surface area contributed by atoms with E-state index in [4.69, 9.17) is 0 Å². The smallest absolute Gasteiger partial charge is 0.317 e. The summed E-state index contributed by atoms with van der Waals surface area (Å²) in [5.74, 6) is 0.202. The van der Waals surface area contributed by atoms with Crippen molar-refractivity contribution >= 4 is 6.03 Å². The highest BCUT2D eigenvalue weighted by molar-refractivity contribution is 5.74. The maximum Gasteiger partial charge on any atom is 0.317 e. The predicted octanol–water partition coefficient (Wildman–Crippen LogP) is 2.81. The van der Waals surface area contributed by atoms with Gasteiger partial charge in [-0.15, -0.1) is 0 Å². The maximum atomic E-state index is 12.5. The molecule has 3 unspecified atom stereocenters. The largest absolute Gasteiger partial charge is 0.393 e. The summed E-state index contributed by atoms with van der Waals surface area (Å²) in [6, 6.07) is 10.4. The summed E-state index contributed by atoms with van der Waals surface area (Å²) in [5.41, 5.74) is 1.25. The highest BCUT2D eigenvalue weighted by Crippen LogP contribution is 2.20. The van der Waals surface area contributed by atoms with E-state index in [-0.39, 0.29) is 24.1 Å². The SMILES string of the molecule is CCC(Cc1ccccc1)NC(=O)N1CCCC(C(C)O)C1. The first-order chi connectivity index (χ1) is 10.6. The van der Waals surface area contributed by atoms with E-state index in [1.807, 2.05) is 30.0 Å². The normalized spacial score (nSPS) is 21.2. The first kappa shape index (κ1) is 16.8. The molecule has 2 rings (SSSR count). The number of rotatable bonds is 5. The zero-order valence-corrected chi connectivity index (χ0v) is 13.7. The summed E-state index contributed by atoms with van der Waals surface area (Å²) in [4.78, 5) is 14.3. The Balaban J connectivity index is 1.88. The number of carbonyl (C=O) groups is 1. The second-order valence-electron chi connectivity index (χ2n) is 6.33. The third-order valence-corrected chi connectivity index (χ3v) is 4.57. The molecule has 1 aromatic carbocycles. The third-order valence-electron chi connectivity index (χ3n) is 4.57. The van der Waals surface area contributed by atoms with Crippen molar-refractivity contribution in [1.29, 1.82) is 0 Å². The monoisotopic (exact) mass is 304 g/mol. The molecule has 4 heteroatoms. The van der Waals surface area contributed by atoms with Gasteiger partial charge in [0.25, 0.3) is 0 Å². The van der Waals surface area contributed by atoms with E-state index >= 15 is 0 Å². The van der Waals surface area contributed by atoms with Crippen LogP contribution in [0.2, 0.25) is 0 Å². The van der Waals surface area contributed by atoms with Crippen molar-refractivity contribution in [2.45, 2.75) is 51.7 Å². The molecule has 1 aliphatic heterocycles. The summed E-state index contributed by atoms with van der Waals surface area (Å²) >= 11 is 0. The number of nitrogens with one attached hydrogen (secondary N) is 1. The number of nitrogens with zero attached hydrogens (tertiary/aromatic N) is 1. The van der Waals surface area contributed by atoms with Gasteiger partial charge in [0.1, 0.15) is 0 Å². The molecule has 1 heterocycles. The third kappa shape index (κ3) is 4.73. The molecule has 1 fully saturated rings. The lowest BCUT2D eigenvalue weighted by molar-refractivity contribution is 0.0733. The molecule has 1 saturated heterocycles. The number of carbonyl (C=O) groups excluding carboxylic acids is 1. The van der Waals surface area contributed by atoms with Crippen molar-refractivity contribution in [2.24, 2.45) is 5.92 Å². The van der Waals surface area contributed by atoms with E-state index in [0.29, 0.717) is 6.54 Å². The standard InChI is InChI=1S/C18H28N2O2/c1-3-17(12-15-8-5-4-6-9-15)19-18(22)20-11-7-10-16(13-20)14(2)21/h4-6,8-9,14,16-17,21H,3,7,10-13H2,1-2H3,(H,19,22). The molecule has 0 radical (unpaired) electrons. The van der Waals surface area contributed by atoms with Gasteiger partial charge in [-0.05, 0) is 38.2 Å². The fraction of sp³-hybridized carbons (Fsp3) is 0.611. The molecule has 2 amide bonds. The molecule has 0 aliphatic carbocycles. The Labute approximate surface area is 133 Å². The molecule has 0 saturated carbocycles. The zero-order valence-electron chi connectivity index (χ0n) is 13.7. The number of piperidine rings is 1. The molecule has 4 nitrogen and oxygen atoms in total. The summed E-state index contributed by atoms with van der Waals surface area (Å²) in [7, 11) is 0. The van der Waals surface area contributed by atoms with Crippen molar-refractivity contribution in [3.05, 3.63) is 35.9 Å². The van der Waals surface area contributed by atoms with Gasteiger partial charge >= 0.3 is 6.03 Å².